The van der Waals surface area contributed by atoms with Crippen molar-refractivity contribution in [2.24, 2.45) is 17.1 Å². The van der Waals surface area contributed by atoms with Crippen LogP contribution in [0.15, 0.2) is 40.4 Å². The van der Waals surface area contributed by atoms with E-state index in [-0.39, 0.29) is 17.5 Å². The first-order valence-electron chi connectivity index (χ1n) is 7.24. The second-order valence-electron chi connectivity index (χ2n) is 5.91. The second-order valence-corrected chi connectivity index (χ2v) is 6.89. The third-order valence-corrected chi connectivity index (χ3v) is 5.65. The standard InChI is InChI=1S/C17H15N5S/c1-22-5-4-11-12(7-18)16(21)17(9-19,10-20)15(13(11)8-22)14-3-2-6-23-14/h2-4,6,13,15H,5,8,21H2,1H3/t13-,15+/m1/s1. The van der Waals surface area contributed by atoms with E-state index >= 15 is 0 Å². The van der Waals surface area contributed by atoms with Gasteiger partial charge in [0.1, 0.15) is 6.07 Å². The Morgan fingerprint density at radius 3 is 2.65 bits per heavy atom. The number of nitrogens with two attached hydrogens (primary N) is 1. The van der Waals surface area contributed by atoms with E-state index in [9.17, 15) is 15.8 Å². The lowest BCUT2D eigenvalue weighted by Gasteiger charge is -2.44. The summed E-state index contributed by atoms with van der Waals surface area (Å²) < 4.78 is 0. The first-order chi connectivity index (χ1) is 11.1. The van der Waals surface area contributed by atoms with Crippen LogP contribution in [0.25, 0.3) is 0 Å². The van der Waals surface area contributed by atoms with Crippen molar-refractivity contribution in [3.05, 3.63) is 45.3 Å². The topological polar surface area (TPSA) is 101 Å². The molecule has 0 saturated carbocycles. The van der Waals surface area contributed by atoms with Crippen LogP contribution in [0.2, 0.25) is 0 Å². The van der Waals surface area contributed by atoms with E-state index in [4.69, 9.17) is 5.73 Å². The molecule has 114 valence electrons. The predicted molar refractivity (Wildman–Crippen MR) is 86.6 cm³/mol. The maximum absolute atomic E-state index is 9.83. The Balaban J connectivity index is 2.33. The molecule has 23 heavy (non-hydrogen) atoms. The highest BCUT2D eigenvalue weighted by molar-refractivity contribution is 7.10. The Morgan fingerprint density at radius 2 is 2.09 bits per heavy atom. The van der Waals surface area contributed by atoms with E-state index in [0.717, 1.165) is 17.0 Å². The summed E-state index contributed by atoms with van der Waals surface area (Å²) in [6, 6.07) is 10.2. The van der Waals surface area contributed by atoms with Crippen LogP contribution in [-0.2, 0) is 0 Å². The van der Waals surface area contributed by atoms with Crippen LogP contribution in [0.5, 0.6) is 0 Å². The fourth-order valence-corrected chi connectivity index (χ4v) is 4.56. The quantitative estimate of drug-likeness (QED) is 0.853. The highest BCUT2D eigenvalue weighted by Crippen LogP contribution is 2.54. The SMILES string of the molecule is CN1CC=C2C(C#N)=C(N)C(C#N)(C#N)[C@H](c3cccs3)[C@@H]2C1. The highest BCUT2D eigenvalue weighted by Gasteiger charge is 2.54. The molecule has 0 radical (unpaired) electrons. The molecule has 2 atom stereocenters. The molecule has 1 aliphatic heterocycles. The molecule has 0 unspecified atom stereocenters. The number of nitriles is 3. The maximum Gasteiger partial charge on any atom is 0.192 e. The molecule has 6 heteroatoms. The van der Waals surface area contributed by atoms with E-state index in [1.165, 1.54) is 11.3 Å². The average molecular weight is 321 g/mol. The number of fused-ring (bicyclic) bond motifs is 1. The smallest absolute Gasteiger partial charge is 0.192 e. The minimum atomic E-state index is -1.50. The van der Waals surface area contributed by atoms with Gasteiger partial charge in [-0.05, 0) is 24.1 Å². The Morgan fingerprint density at radius 1 is 1.35 bits per heavy atom. The van der Waals surface area contributed by atoms with E-state index < -0.39 is 5.41 Å². The lowest BCUT2D eigenvalue weighted by Crippen LogP contribution is -2.47. The fraction of sp³-hybridized carbons (Fsp3) is 0.353. The number of hydrogen-bond acceptors (Lipinski definition) is 6. The van der Waals surface area contributed by atoms with Gasteiger partial charge in [-0.1, -0.05) is 12.1 Å². The second kappa shape index (κ2) is 5.56. The van der Waals surface area contributed by atoms with Crippen molar-refractivity contribution in [1.82, 2.24) is 4.90 Å². The van der Waals surface area contributed by atoms with Gasteiger partial charge in [0.15, 0.2) is 5.41 Å². The normalized spacial score (nSPS) is 26.4. The molecule has 1 aliphatic carbocycles. The Bertz CT molecular complexity index is 799. The van der Waals surface area contributed by atoms with Crippen LogP contribution in [0.3, 0.4) is 0 Å². The van der Waals surface area contributed by atoms with Crippen LogP contribution in [0, 0.1) is 45.3 Å². The first kappa shape index (κ1) is 15.3. The van der Waals surface area contributed by atoms with E-state index in [1.54, 1.807) is 0 Å². The summed E-state index contributed by atoms with van der Waals surface area (Å²) in [7, 11) is 1.99. The summed E-state index contributed by atoms with van der Waals surface area (Å²) >= 11 is 1.52. The number of hydrogen-bond donors (Lipinski definition) is 1. The molecular formula is C17H15N5S. The van der Waals surface area contributed by atoms with Crippen LogP contribution in [-0.4, -0.2) is 25.0 Å². The Labute approximate surface area is 139 Å². The third kappa shape index (κ3) is 2.06. The molecule has 1 aromatic heterocycles. The molecule has 0 saturated heterocycles. The van der Waals surface area contributed by atoms with Gasteiger partial charge in [0.2, 0.25) is 0 Å². The van der Waals surface area contributed by atoms with Crippen molar-refractivity contribution in [1.29, 1.82) is 15.8 Å². The van der Waals surface area contributed by atoms with E-state index in [0.29, 0.717) is 12.1 Å². The Hall–Kier alpha value is -2.59. The van der Waals surface area contributed by atoms with Gasteiger partial charge >= 0.3 is 0 Å². The minimum absolute atomic E-state index is 0.0892. The van der Waals surface area contributed by atoms with Crippen LogP contribution in [0.1, 0.15) is 10.8 Å². The van der Waals surface area contributed by atoms with Crippen LogP contribution >= 0.6 is 11.3 Å². The van der Waals surface area contributed by atoms with Gasteiger partial charge in [-0.3, -0.25) is 0 Å². The van der Waals surface area contributed by atoms with Crippen molar-refractivity contribution in [2.45, 2.75) is 5.92 Å². The van der Waals surface area contributed by atoms with Gasteiger partial charge in [-0.2, -0.15) is 15.8 Å². The molecule has 0 aromatic carbocycles. The molecule has 2 N–H and O–H groups in total. The molecule has 2 aliphatic rings. The summed E-state index contributed by atoms with van der Waals surface area (Å²) in [4.78, 5) is 3.09. The number of rotatable bonds is 1. The highest BCUT2D eigenvalue weighted by atomic mass is 32.1. The van der Waals surface area contributed by atoms with Gasteiger partial charge in [-0.25, -0.2) is 0 Å². The maximum atomic E-state index is 9.83. The number of allylic oxidation sites excluding steroid dienone is 2. The Kier molecular flexibility index (Phi) is 3.70. The largest absolute Gasteiger partial charge is 0.399 e. The van der Waals surface area contributed by atoms with Crippen molar-refractivity contribution in [3.8, 4) is 18.2 Å². The van der Waals surface area contributed by atoms with Crippen LogP contribution in [0.4, 0.5) is 0 Å². The van der Waals surface area contributed by atoms with Gasteiger partial charge < -0.3 is 10.6 Å². The van der Waals surface area contributed by atoms with E-state index in [2.05, 4.69) is 23.1 Å². The minimum Gasteiger partial charge on any atom is -0.399 e. The van der Waals surface area contributed by atoms with E-state index in [1.807, 2.05) is 30.6 Å². The molecular weight excluding hydrogens is 306 g/mol. The lowest BCUT2D eigenvalue weighted by atomic mass is 9.59. The van der Waals surface area contributed by atoms with Crippen molar-refractivity contribution in [2.75, 3.05) is 20.1 Å². The summed E-state index contributed by atoms with van der Waals surface area (Å²) in [5.74, 6) is -0.447. The molecule has 5 nitrogen and oxygen atoms in total. The van der Waals surface area contributed by atoms with Gasteiger partial charge in [0.25, 0.3) is 0 Å². The molecule has 0 fully saturated rings. The zero-order valence-electron chi connectivity index (χ0n) is 12.7. The first-order valence-corrected chi connectivity index (χ1v) is 8.12. The monoisotopic (exact) mass is 321 g/mol. The predicted octanol–water partition coefficient (Wildman–Crippen LogP) is 2.10. The molecule has 1 aromatic rings. The van der Waals surface area contributed by atoms with Gasteiger partial charge in [0, 0.05) is 29.8 Å². The summed E-state index contributed by atoms with van der Waals surface area (Å²) in [6.45, 7) is 1.42. The molecule has 2 heterocycles. The summed E-state index contributed by atoms with van der Waals surface area (Å²) in [6.07, 6.45) is 2.00. The lowest BCUT2D eigenvalue weighted by molar-refractivity contribution is 0.240. The molecule has 0 amide bonds. The summed E-state index contributed by atoms with van der Waals surface area (Å²) in [5.41, 5.74) is 5.96. The molecule has 0 spiro atoms. The van der Waals surface area contributed by atoms with Gasteiger partial charge in [0.05, 0.1) is 23.4 Å². The number of nitrogens with zero attached hydrogens (tertiary/aromatic N) is 4. The number of likely N-dealkylation sites (N-methyl/N-ethyl adjacent to an activating group) is 1. The summed E-state index contributed by atoms with van der Waals surface area (Å²) in [5, 5.41) is 31.1. The van der Waals surface area contributed by atoms with Crippen molar-refractivity contribution < 1.29 is 0 Å². The van der Waals surface area contributed by atoms with Gasteiger partial charge in [-0.15, -0.1) is 11.3 Å². The average Bonchev–Trinajstić information content (AvgIpc) is 3.08. The zero-order valence-corrected chi connectivity index (χ0v) is 13.5. The van der Waals surface area contributed by atoms with Crippen LogP contribution < -0.4 is 5.73 Å². The molecule has 3 rings (SSSR count). The van der Waals surface area contributed by atoms with Crippen molar-refractivity contribution >= 4 is 11.3 Å². The zero-order chi connectivity index (χ0) is 16.6. The third-order valence-electron chi connectivity index (χ3n) is 4.70. The number of thiophene rings is 1. The van der Waals surface area contributed by atoms with Crippen molar-refractivity contribution in [3.63, 3.8) is 0 Å². The fourth-order valence-electron chi connectivity index (χ4n) is 3.60. The molecule has 0 bridgehead atoms.